The quantitative estimate of drug-likeness (QED) is 0.734. The number of nitrogens with zero attached hydrogens (tertiary/aromatic N) is 2. The number of imidazole rings is 1. The molecule has 82 valence electrons. The van der Waals surface area contributed by atoms with Gasteiger partial charge in [0.25, 0.3) is 0 Å². The van der Waals surface area contributed by atoms with Gasteiger partial charge in [-0.2, -0.15) is 0 Å². The van der Waals surface area contributed by atoms with Crippen LogP contribution in [-0.2, 0) is 13.5 Å². The molecule has 0 spiro atoms. The van der Waals surface area contributed by atoms with Crippen molar-refractivity contribution in [1.29, 1.82) is 0 Å². The molecule has 0 saturated heterocycles. The predicted molar refractivity (Wildman–Crippen MR) is 62.5 cm³/mol. The highest BCUT2D eigenvalue weighted by Gasteiger charge is 2.12. The molecule has 3 heteroatoms. The molecule has 1 aromatic heterocycles. The van der Waals surface area contributed by atoms with Gasteiger partial charge in [-0.15, -0.1) is 0 Å². The van der Waals surface area contributed by atoms with Gasteiger partial charge in [0.05, 0.1) is 12.5 Å². The van der Waals surface area contributed by atoms with Gasteiger partial charge in [0.1, 0.15) is 5.69 Å². The maximum atomic E-state index is 12.1. The highest BCUT2D eigenvalue weighted by atomic mass is 16.1. The third kappa shape index (κ3) is 1.89. The van der Waals surface area contributed by atoms with Gasteiger partial charge in [0.15, 0.2) is 0 Å². The van der Waals surface area contributed by atoms with E-state index in [1.54, 1.807) is 17.1 Å². The van der Waals surface area contributed by atoms with Gasteiger partial charge in [-0.05, 0) is 18.1 Å². The molecule has 0 unspecified atom stereocenters. The zero-order valence-electron chi connectivity index (χ0n) is 9.47. The van der Waals surface area contributed by atoms with Crippen LogP contribution in [0.3, 0.4) is 0 Å². The van der Waals surface area contributed by atoms with Crippen molar-refractivity contribution in [3.05, 3.63) is 53.6 Å². The Morgan fingerprint density at radius 3 is 2.88 bits per heavy atom. The summed E-state index contributed by atoms with van der Waals surface area (Å²) in [5.41, 5.74) is 2.52. The molecule has 0 aliphatic carbocycles. The van der Waals surface area contributed by atoms with E-state index in [1.165, 1.54) is 5.56 Å². The molecule has 0 aliphatic heterocycles. The third-order valence-electron chi connectivity index (χ3n) is 2.65. The minimum absolute atomic E-state index is 0.0234. The lowest BCUT2D eigenvalue weighted by atomic mass is 10.0. The molecule has 0 amide bonds. The summed E-state index contributed by atoms with van der Waals surface area (Å²) in [5, 5.41) is 0. The zero-order chi connectivity index (χ0) is 11.5. The Labute approximate surface area is 94.7 Å². The van der Waals surface area contributed by atoms with Gasteiger partial charge >= 0.3 is 0 Å². The van der Waals surface area contributed by atoms with Gasteiger partial charge in [-0.3, -0.25) is 4.79 Å². The van der Waals surface area contributed by atoms with Crippen molar-refractivity contribution in [2.24, 2.45) is 7.05 Å². The molecule has 0 N–H and O–H groups in total. The number of hydrogen-bond acceptors (Lipinski definition) is 2. The molecular weight excluding hydrogens is 200 g/mol. The maximum absolute atomic E-state index is 12.1. The van der Waals surface area contributed by atoms with Gasteiger partial charge in [0, 0.05) is 12.6 Å². The van der Waals surface area contributed by atoms with Crippen LogP contribution in [0.25, 0.3) is 0 Å². The first-order valence-corrected chi connectivity index (χ1v) is 5.32. The number of aromatic nitrogens is 2. The Morgan fingerprint density at radius 1 is 1.44 bits per heavy atom. The summed E-state index contributed by atoms with van der Waals surface area (Å²) in [4.78, 5) is 16.1. The number of benzene rings is 1. The highest BCUT2D eigenvalue weighted by molar-refractivity contribution is 6.07. The van der Waals surface area contributed by atoms with E-state index in [0.717, 1.165) is 12.0 Å². The lowest BCUT2D eigenvalue weighted by Crippen LogP contribution is -2.06. The van der Waals surface area contributed by atoms with E-state index in [9.17, 15) is 4.79 Å². The number of rotatable bonds is 3. The Hall–Kier alpha value is -1.90. The molecule has 0 aliphatic rings. The summed E-state index contributed by atoms with van der Waals surface area (Å²) in [6, 6.07) is 7.73. The Balaban J connectivity index is 2.38. The fourth-order valence-electron chi connectivity index (χ4n) is 1.66. The van der Waals surface area contributed by atoms with E-state index in [0.29, 0.717) is 5.69 Å². The minimum atomic E-state index is 0.0234. The molecule has 16 heavy (non-hydrogen) atoms. The van der Waals surface area contributed by atoms with Gasteiger partial charge in [0.2, 0.25) is 5.78 Å². The zero-order valence-corrected chi connectivity index (χ0v) is 9.47. The SMILES string of the molecule is CCc1cccc(C(=O)c2cncn2C)c1. The molecule has 0 fully saturated rings. The maximum Gasteiger partial charge on any atom is 0.211 e. The first-order valence-electron chi connectivity index (χ1n) is 5.32. The molecule has 0 atom stereocenters. The standard InChI is InChI=1S/C13H14N2O/c1-3-10-5-4-6-11(7-10)13(16)12-8-14-9-15(12)2/h4-9H,3H2,1-2H3. The molecule has 3 nitrogen and oxygen atoms in total. The number of carbonyl (C=O) groups excluding carboxylic acids is 1. The number of carbonyl (C=O) groups is 1. The minimum Gasteiger partial charge on any atom is -0.331 e. The van der Waals surface area contributed by atoms with E-state index in [4.69, 9.17) is 0 Å². The largest absolute Gasteiger partial charge is 0.331 e. The molecule has 0 bridgehead atoms. The van der Waals surface area contributed by atoms with Crippen LogP contribution in [0.5, 0.6) is 0 Å². The van der Waals surface area contributed by atoms with Crippen LogP contribution in [-0.4, -0.2) is 15.3 Å². The van der Waals surface area contributed by atoms with E-state index in [2.05, 4.69) is 11.9 Å². The van der Waals surface area contributed by atoms with Crippen molar-refractivity contribution < 1.29 is 4.79 Å². The molecule has 2 aromatic rings. The van der Waals surface area contributed by atoms with Crippen LogP contribution in [0.1, 0.15) is 28.5 Å². The second kappa shape index (κ2) is 4.31. The molecule has 0 saturated carbocycles. The average Bonchev–Trinajstić information content (AvgIpc) is 2.74. The fourth-order valence-corrected chi connectivity index (χ4v) is 1.66. The number of aryl methyl sites for hydroxylation is 2. The Morgan fingerprint density at radius 2 is 2.25 bits per heavy atom. The number of hydrogen-bond donors (Lipinski definition) is 0. The molecule has 0 radical (unpaired) electrons. The lowest BCUT2D eigenvalue weighted by molar-refractivity contribution is 0.103. The summed E-state index contributed by atoms with van der Waals surface area (Å²) in [6.45, 7) is 2.08. The smallest absolute Gasteiger partial charge is 0.211 e. The highest BCUT2D eigenvalue weighted by Crippen LogP contribution is 2.11. The summed E-state index contributed by atoms with van der Waals surface area (Å²) in [7, 11) is 1.82. The van der Waals surface area contributed by atoms with E-state index >= 15 is 0 Å². The van der Waals surface area contributed by atoms with Crippen molar-refractivity contribution in [1.82, 2.24) is 9.55 Å². The van der Waals surface area contributed by atoms with Crippen molar-refractivity contribution in [3.63, 3.8) is 0 Å². The van der Waals surface area contributed by atoms with Crippen LogP contribution in [0.2, 0.25) is 0 Å². The average molecular weight is 214 g/mol. The molecule has 1 aromatic carbocycles. The molecular formula is C13H14N2O. The van der Waals surface area contributed by atoms with E-state index in [1.807, 2.05) is 31.3 Å². The predicted octanol–water partition coefficient (Wildman–Crippen LogP) is 2.21. The summed E-state index contributed by atoms with van der Waals surface area (Å²) in [5.74, 6) is 0.0234. The summed E-state index contributed by atoms with van der Waals surface area (Å²) < 4.78 is 1.74. The van der Waals surface area contributed by atoms with E-state index in [-0.39, 0.29) is 5.78 Å². The lowest BCUT2D eigenvalue weighted by Gasteiger charge is -2.03. The van der Waals surface area contributed by atoms with Crippen LogP contribution < -0.4 is 0 Å². The van der Waals surface area contributed by atoms with Crippen molar-refractivity contribution in [2.75, 3.05) is 0 Å². The fraction of sp³-hybridized carbons (Fsp3) is 0.231. The van der Waals surface area contributed by atoms with Crippen molar-refractivity contribution in [2.45, 2.75) is 13.3 Å². The van der Waals surface area contributed by atoms with Crippen LogP contribution in [0.15, 0.2) is 36.8 Å². The van der Waals surface area contributed by atoms with Gasteiger partial charge in [-0.25, -0.2) is 4.98 Å². The van der Waals surface area contributed by atoms with Crippen LogP contribution in [0.4, 0.5) is 0 Å². The summed E-state index contributed by atoms with van der Waals surface area (Å²) in [6.07, 6.45) is 4.17. The van der Waals surface area contributed by atoms with Gasteiger partial charge in [-0.1, -0.05) is 25.1 Å². The topological polar surface area (TPSA) is 34.9 Å². The first kappa shape index (κ1) is 10.6. The normalized spacial score (nSPS) is 10.4. The van der Waals surface area contributed by atoms with Crippen molar-refractivity contribution in [3.8, 4) is 0 Å². The number of ketones is 1. The Kier molecular flexibility index (Phi) is 2.86. The van der Waals surface area contributed by atoms with Crippen LogP contribution in [0, 0.1) is 0 Å². The van der Waals surface area contributed by atoms with Crippen molar-refractivity contribution >= 4 is 5.78 Å². The third-order valence-corrected chi connectivity index (χ3v) is 2.65. The summed E-state index contributed by atoms with van der Waals surface area (Å²) >= 11 is 0. The Bertz CT molecular complexity index is 514. The van der Waals surface area contributed by atoms with Gasteiger partial charge < -0.3 is 4.57 Å². The second-order valence-electron chi connectivity index (χ2n) is 3.77. The second-order valence-corrected chi connectivity index (χ2v) is 3.77. The van der Waals surface area contributed by atoms with E-state index < -0.39 is 0 Å². The monoisotopic (exact) mass is 214 g/mol. The molecule has 2 rings (SSSR count). The van der Waals surface area contributed by atoms with Crippen LogP contribution >= 0.6 is 0 Å². The first-order chi connectivity index (χ1) is 7.72. The molecule has 1 heterocycles.